The van der Waals surface area contributed by atoms with Crippen molar-refractivity contribution in [3.8, 4) is 0 Å². The summed E-state index contributed by atoms with van der Waals surface area (Å²) in [4.78, 5) is 21.7. The Morgan fingerprint density at radius 2 is 1.78 bits per heavy atom. The highest BCUT2D eigenvalue weighted by atomic mass is 32.2. The highest BCUT2D eigenvalue weighted by molar-refractivity contribution is 7.90. The third kappa shape index (κ3) is 4.00. The van der Waals surface area contributed by atoms with Crippen molar-refractivity contribution in [3.05, 3.63) is 42.1 Å². The lowest BCUT2D eigenvalue weighted by molar-refractivity contribution is -0.145. The van der Waals surface area contributed by atoms with Crippen molar-refractivity contribution in [2.45, 2.75) is 11.2 Å². The fraction of sp³-hybridized carbons (Fsp3) is 0.167. The molecule has 122 valence electrons. The van der Waals surface area contributed by atoms with Gasteiger partial charge in [-0.15, -0.1) is 0 Å². The summed E-state index contributed by atoms with van der Waals surface area (Å²) in [6.07, 6.45) is -1.19. The van der Waals surface area contributed by atoms with Crippen LogP contribution in [-0.4, -0.2) is 35.5 Å². The maximum absolute atomic E-state index is 12.4. The summed E-state index contributed by atoms with van der Waals surface area (Å²) in [5.41, 5.74) is -0.360. The number of nitrogens with zero attached hydrogens (tertiary/aromatic N) is 3. The number of amides is 1. The number of pyridine rings is 1. The van der Waals surface area contributed by atoms with Crippen LogP contribution >= 0.6 is 0 Å². The molecule has 1 N–H and O–H groups in total. The first-order chi connectivity index (χ1) is 10.6. The molecule has 1 amide bonds. The molecule has 0 aromatic carbocycles. The summed E-state index contributed by atoms with van der Waals surface area (Å²) >= 11 is 0. The van der Waals surface area contributed by atoms with E-state index in [4.69, 9.17) is 0 Å². The molecule has 2 aromatic heterocycles. The molecular weight excluding hydrogens is 337 g/mol. The molecule has 2 aromatic rings. The van der Waals surface area contributed by atoms with Gasteiger partial charge in [0.25, 0.3) is 5.91 Å². The van der Waals surface area contributed by atoms with Gasteiger partial charge in [0.1, 0.15) is 0 Å². The number of hydrogen-bond acceptors (Lipinski definition) is 6. The average Bonchev–Trinajstić information content (AvgIpc) is 2.46. The Balaban J connectivity index is 2.27. The first kappa shape index (κ1) is 16.8. The van der Waals surface area contributed by atoms with Crippen molar-refractivity contribution in [2.24, 2.45) is 0 Å². The molecule has 0 saturated carbocycles. The molecule has 0 radical (unpaired) electrons. The van der Waals surface area contributed by atoms with Gasteiger partial charge in [0.15, 0.2) is 14.9 Å². The predicted octanol–water partition coefficient (Wildman–Crippen LogP) is 1.55. The number of carbonyl (C=O) groups excluding carboxylic acids is 1. The minimum Gasteiger partial charge on any atom is -0.319 e. The van der Waals surface area contributed by atoms with E-state index in [2.05, 4.69) is 20.3 Å². The zero-order valence-electron chi connectivity index (χ0n) is 11.5. The first-order valence-electron chi connectivity index (χ1n) is 5.94. The number of anilines is 1. The van der Waals surface area contributed by atoms with Crippen LogP contribution in [0.3, 0.4) is 0 Å². The summed E-state index contributed by atoms with van der Waals surface area (Å²) < 4.78 is 60.2. The number of halogens is 3. The van der Waals surface area contributed by atoms with Crippen molar-refractivity contribution >= 4 is 21.4 Å². The van der Waals surface area contributed by atoms with Crippen LogP contribution in [-0.2, 0) is 16.0 Å². The van der Waals surface area contributed by atoms with Gasteiger partial charge in [0, 0.05) is 24.8 Å². The van der Waals surface area contributed by atoms with Gasteiger partial charge >= 0.3 is 6.18 Å². The first-order valence-corrected chi connectivity index (χ1v) is 7.84. The van der Waals surface area contributed by atoms with Crippen LogP contribution in [0.1, 0.15) is 16.2 Å². The Morgan fingerprint density at radius 3 is 2.30 bits per heavy atom. The molecule has 7 nitrogen and oxygen atoms in total. The summed E-state index contributed by atoms with van der Waals surface area (Å²) in [6.45, 7) is 0. The molecular formula is C12H9F3N4O3S. The Labute approximate surface area is 128 Å². The Morgan fingerprint density at radius 1 is 1.17 bits per heavy atom. The van der Waals surface area contributed by atoms with Gasteiger partial charge in [-0.3, -0.25) is 4.79 Å². The zero-order chi connectivity index (χ0) is 17.3. The molecule has 2 heterocycles. The maximum atomic E-state index is 12.4. The molecule has 0 aliphatic rings. The fourth-order valence-electron chi connectivity index (χ4n) is 1.57. The topological polar surface area (TPSA) is 102 Å². The Bertz CT molecular complexity index is 835. The largest absolute Gasteiger partial charge is 0.451 e. The molecule has 0 saturated heterocycles. The van der Waals surface area contributed by atoms with Gasteiger partial charge in [0.2, 0.25) is 5.82 Å². The maximum Gasteiger partial charge on any atom is 0.451 e. The van der Waals surface area contributed by atoms with Crippen molar-refractivity contribution in [2.75, 3.05) is 11.6 Å². The van der Waals surface area contributed by atoms with E-state index in [1.165, 1.54) is 18.3 Å². The van der Waals surface area contributed by atoms with Crippen LogP contribution in [0, 0.1) is 0 Å². The highest BCUT2D eigenvalue weighted by Gasteiger charge is 2.34. The quantitative estimate of drug-likeness (QED) is 0.905. The zero-order valence-corrected chi connectivity index (χ0v) is 12.3. The lowest BCUT2D eigenvalue weighted by atomic mass is 10.3. The lowest BCUT2D eigenvalue weighted by Gasteiger charge is -2.09. The minimum atomic E-state index is -4.72. The van der Waals surface area contributed by atoms with Crippen LogP contribution in [0.5, 0.6) is 0 Å². The predicted molar refractivity (Wildman–Crippen MR) is 72.3 cm³/mol. The fourth-order valence-corrected chi connectivity index (χ4v) is 2.34. The number of sulfone groups is 1. The van der Waals surface area contributed by atoms with E-state index in [1.807, 2.05) is 0 Å². The smallest absolute Gasteiger partial charge is 0.319 e. The number of nitrogens with one attached hydrogen (secondary N) is 1. The summed E-state index contributed by atoms with van der Waals surface area (Å²) in [5, 5.41) is 1.89. The van der Waals surface area contributed by atoms with Gasteiger partial charge in [-0.25, -0.2) is 23.4 Å². The van der Waals surface area contributed by atoms with E-state index in [0.29, 0.717) is 12.4 Å². The Kier molecular flexibility index (Phi) is 4.32. The lowest BCUT2D eigenvalue weighted by Crippen LogP contribution is -2.17. The van der Waals surface area contributed by atoms with E-state index in [0.717, 1.165) is 6.26 Å². The van der Waals surface area contributed by atoms with Gasteiger partial charge in [-0.2, -0.15) is 13.2 Å². The molecule has 0 fully saturated rings. The van der Waals surface area contributed by atoms with E-state index in [1.54, 1.807) is 0 Å². The second-order valence-electron chi connectivity index (χ2n) is 4.38. The second-order valence-corrected chi connectivity index (χ2v) is 6.31. The van der Waals surface area contributed by atoms with E-state index >= 15 is 0 Å². The van der Waals surface area contributed by atoms with Crippen molar-refractivity contribution < 1.29 is 26.4 Å². The average molecular weight is 346 g/mol. The van der Waals surface area contributed by atoms with Gasteiger partial charge in [-0.1, -0.05) is 0 Å². The number of alkyl halides is 3. The van der Waals surface area contributed by atoms with E-state index in [9.17, 15) is 26.4 Å². The molecule has 0 bridgehead atoms. The van der Waals surface area contributed by atoms with Crippen LogP contribution in [0.15, 0.2) is 35.7 Å². The molecule has 0 aliphatic carbocycles. The van der Waals surface area contributed by atoms with Crippen LogP contribution in [0.25, 0.3) is 0 Å². The molecule has 0 unspecified atom stereocenters. The number of aromatic nitrogens is 3. The molecule has 2 rings (SSSR count). The van der Waals surface area contributed by atoms with Crippen molar-refractivity contribution in [1.82, 2.24) is 15.0 Å². The Hall–Kier alpha value is -2.56. The second kappa shape index (κ2) is 5.91. The third-order valence-electron chi connectivity index (χ3n) is 2.54. The number of hydrogen-bond donors (Lipinski definition) is 1. The molecule has 11 heteroatoms. The molecule has 0 atom stereocenters. The van der Waals surface area contributed by atoms with Crippen LogP contribution in [0.4, 0.5) is 18.9 Å². The van der Waals surface area contributed by atoms with Gasteiger partial charge in [-0.05, 0) is 12.1 Å². The van der Waals surface area contributed by atoms with Crippen LogP contribution in [0.2, 0.25) is 0 Å². The SMILES string of the molecule is CS(=O)(=O)c1ncccc1NC(=O)c1cnc(C(F)(F)F)nc1. The summed E-state index contributed by atoms with van der Waals surface area (Å²) in [7, 11) is -3.69. The minimum absolute atomic E-state index is 0.0973. The van der Waals surface area contributed by atoms with E-state index in [-0.39, 0.29) is 16.3 Å². The van der Waals surface area contributed by atoms with Gasteiger partial charge in [0.05, 0.1) is 11.3 Å². The van der Waals surface area contributed by atoms with Crippen LogP contribution < -0.4 is 5.32 Å². The van der Waals surface area contributed by atoms with Crippen molar-refractivity contribution in [1.29, 1.82) is 0 Å². The summed E-state index contributed by atoms with van der Waals surface area (Å²) in [6, 6.07) is 2.69. The standard InChI is InChI=1S/C12H9F3N4O3S/c1-23(21,22)10-8(3-2-4-16-10)19-9(20)7-5-17-11(18-6-7)12(13,14)15/h2-6H,1H3,(H,19,20). The van der Waals surface area contributed by atoms with E-state index < -0.39 is 27.7 Å². The summed E-state index contributed by atoms with van der Waals surface area (Å²) in [5.74, 6) is -2.25. The molecule has 0 aliphatic heterocycles. The van der Waals surface area contributed by atoms with Gasteiger partial charge < -0.3 is 5.32 Å². The monoisotopic (exact) mass is 346 g/mol. The normalized spacial score (nSPS) is 12.0. The highest BCUT2D eigenvalue weighted by Crippen LogP contribution is 2.25. The van der Waals surface area contributed by atoms with Crippen molar-refractivity contribution in [3.63, 3.8) is 0 Å². The molecule has 0 spiro atoms. The third-order valence-corrected chi connectivity index (χ3v) is 3.57. The molecule has 23 heavy (non-hydrogen) atoms. The number of rotatable bonds is 3. The number of carbonyl (C=O) groups is 1.